The lowest BCUT2D eigenvalue weighted by Gasteiger charge is -2.23. The zero-order chi connectivity index (χ0) is 30.5. The number of alkyl carbamates (subject to hydrolysis) is 1. The Balaban J connectivity index is 1.61. The molecule has 2 fully saturated rings. The van der Waals surface area contributed by atoms with E-state index in [4.69, 9.17) is 18.9 Å². The Hall–Kier alpha value is -4.69. The summed E-state index contributed by atoms with van der Waals surface area (Å²) in [6, 6.07) is 5.86. The fourth-order valence-electron chi connectivity index (χ4n) is 4.06. The van der Waals surface area contributed by atoms with Crippen molar-refractivity contribution in [3.05, 3.63) is 35.9 Å². The third-order valence-corrected chi connectivity index (χ3v) is 5.88. The number of nitrogens with one attached hydrogen (secondary N) is 2. The number of ether oxygens (including phenoxy) is 4. The van der Waals surface area contributed by atoms with Gasteiger partial charge in [-0.2, -0.15) is 0 Å². The van der Waals surface area contributed by atoms with Gasteiger partial charge in [-0.1, -0.05) is 30.3 Å². The third kappa shape index (κ3) is 7.70. The third-order valence-electron chi connectivity index (χ3n) is 5.88. The molecule has 2 aliphatic heterocycles. The number of carbonyl (C=O) groups is 7. The predicted molar refractivity (Wildman–Crippen MR) is 137 cm³/mol. The van der Waals surface area contributed by atoms with Crippen LogP contribution in [-0.4, -0.2) is 94.8 Å². The second-order valence-electron chi connectivity index (χ2n) is 10.3. The van der Waals surface area contributed by atoms with E-state index in [9.17, 15) is 33.6 Å². The molecule has 15 heteroatoms. The van der Waals surface area contributed by atoms with Crippen molar-refractivity contribution in [3.8, 4) is 0 Å². The lowest BCUT2D eigenvalue weighted by molar-refractivity contribution is -0.154. The van der Waals surface area contributed by atoms with Gasteiger partial charge in [-0.15, -0.1) is 0 Å². The quantitative estimate of drug-likeness (QED) is 0.330. The Morgan fingerprint density at radius 2 is 1.34 bits per heavy atom. The van der Waals surface area contributed by atoms with Crippen LogP contribution in [0, 0.1) is 0 Å². The van der Waals surface area contributed by atoms with Gasteiger partial charge in [0.2, 0.25) is 5.91 Å². The zero-order valence-corrected chi connectivity index (χ0v) is 23.2. The highest BCUT2D eigenvalue weighted by Gasteiger charge is 2.50. The molecule has 1 aromatic carbocycles. The summed E-state index contributed by atoms with van der Waals surface area (Å²) < 4.78 is 20.3. The number of esters is 1. The molecule has 3 rings (SSSR count). The summed E-state index contributed by atoms with van der Waals surface area (Å²) in [5.41, 5.74) is -0.146. The van der Waals surface area contributed by atoms with E-state index < -0.39 is 85.0 Å². The van der Waals surface area contributed by atoms with Gasteiger partial charge in [-0.25, -0.2) is 29.0 Å². The van der Waals surface area contributed by atoms with E-state index in [1.165, 1.54) is 13.8 Å². The molecule has 0 radical (unpaired) electrons. The number of nitrogens with zero attached hydrogens (tertiary/aromatic N) is 2. The summed E-state index contributed by atoms with van der Waals surface area (Å²) >= 11 is 0. The molecule has 0 aromatic heterocycles. The highest BCUT2D eigenvalue weighted by atomic mass is 16.6. The van der Waals surface area contributed by atoms with Crippen LogP contribution in [0.5, 0.6) is 0 Å². The van der Waals surface area contributed by atoms with Gasteiger partial charge in [0.1, 0.15) is 31.0 Å². The summed E-state index contributed by atoms with van der Waals surface area (Å²) in [7, 11) is 0. The number of benzene rings is 1. The minimum absolute atomic E-state index is 0.101. The van der Waals surface area contributed by atoms with Gasteiger partial charge in [0, 0.05) is 0 Å². The Morgan fingerprint density at radius 3 is 1.90 bits per heavy atom. The summed E-state index contributed by atoms with van der Waals surface area (Å²) in [6.07, 6.45) is -5.26. The molecule has 41 heavy (non-hydrogen) atoms. The molecular weight excluding hydrogens is 544 g/mol. The Kier molecular flexibility index (Phi) is 9.52. The summed E-state index contributed by atoms with van der Waals surface area (Å²) in [6.45, 7) is 6.07. The summed E-state index contributed by atoms with van der Waals surface area (Å²) in [5, 5.41) is 4.45. The maximum atomic E-state index is 13.0. The maximum Gasteiger partial charge on any atom is 0.417 e. The van der Waals surface area contributed by atoms with Crippen LogP contribution in [-0.2, 0) is 44.7 Å². The van der Waals surface area contributed by atoms with Crippen LogP contribution in [0.4, 0.5) is 14.4 Å². The second kappa shape index (κ2) is 12.7. The molecular formula is C26H32N4O11. The van der Waals surface area contributed by atoms with Crippen LogP contribution in [0.15, 0.2) is 30.3 Å². The van der Waals surface area contributed by atoms with Gasteiger partial charge in [0.05, 0.1) is 6.54 Å². The molecule has 2 saturated heterocycles. The molecule has 0 aliphatic carbocycles. The van der Waals surface area contributed by atoms with Crippen molar-refractivity contribution in [1.82, 2.24) is 20.4 Å². The van der Waals surface area contributed by atoms with Crippen LogP contribution in [0.3, 0.4) is 0 Å². The van der Waals surface area contributed by atoms with Gasteiger partial charge >= 0.3 is 24.2 Å². The van der Waals surface area contributed by atoms with E-state index in [2.05, 4.69) is 10.6 Å². The molecule has 1 aromatic rings. The van der Waals surface area contributed by atoms with Gasteiger partial charge in [-0.3, -0.25) is 14.4 Å². The first-order valence-electron chi connectivity index (χ1n) is 12.7. The van der Waals surface area contributed by atoms with Crippen molar-refractivity contribution < 1.29 is 52.5 Å². The van der Waals surface area contributed by atoms with E-state index in [1.54, 1.807) is 51.1 Å². The normalized spacial score (nSPS) is 22.0. The molecule has 0 saturated carbocycles. The highest BCUT2D eigenvalue weighted by Crippen LogP contribution is 2.22. The van der Waals surface area contributed by atoms with Gasteiger partial charge in [-0.05, 0) is 40.2 Å². The van der Waals surface area contributed by atoms with Crippen LogP contribution < -0.4 is 10.6 Å². The summed E-state index contributed by atoms with van der Waals surface area (Å²) in [5.74, 6) is -3.79. The molecule has 222 valence electrons. The Bertz CT molecular complexity index is 1210. The number of cyclic esters (lactones) is 2. The van der Waals surface area contributed by atoms with E-state index in [0.717, 1.165) is 0 Å². The van der Waals surface area contributed by atoms with Gasteiger partial charge in [0.15, 0.2) is 12.1 Å². The fraction of sp³-hybridized carbons (Fsp3) is 0.500. The van der Waals surface area contributed by atoms with E-state index >= 15 is 0 Å². The highest BCUT2D eigenvalue weighted by molar-refractivity contribution is 6.04. The van der Waals surface area contributed by atoms with Crippen molar-refractivity contribution in [3.63, 3.8) is 0 Å². The lowest BCUT2D eigenvalue weighted by Crippen LogP contribution is -2.55. The van der Waals surface area contributed by atoms with E-state index in [1.807, 2.05) is 0 Å². The van der Waals surface area contributed by atoms with Crippen molar-refractivity contribution in [2.45, 2.75) is 71.1 Å². The van der Waals surface area contributed by atoms with Crippen LogP contribution >= 0.6 is 0 Å². The minimum atomic E-state index is -1.49. The molecule has 4 atom stereocenters. The molecule has 2 aliphatic rings. The number of hydrogen-bond acceptors (Lipinski definition) is 11. The average Bonchev–Trinajstić information content (AvgIpc) is 3.36. The smallest absolute Gasteiger partial charge is 0.417 e. The summed E-state index contributed by atoms with van der Waals surface area (Å²) in [4.78, 5) is 88.9. The van der Waals surface area contributed by atoms with Crippen LogP contribution in [0.2, 0.25) is 0 Å². The van der Waals surface area contributed by atoms with Gasteiger partial charge < -0.3 is 29.6 Å². The van der Waals surface area contributed by atoms with Crippen molar-refractivity contribution in [2.75, 3.05) is 13.1 Å². The first-order chi connectivity index (χ1) is 19.2. The first-order valence-corrected chi connectivity index (χ1v) is 12.7. The lowest BCUT2D eigenvalue weighted by atomic mass is 10.1. The van der Waals surface area contributed by atoms with Crippen LogP contribution in [0.25, 0.3) is 0 Å². The van der Waals surface area contributed by atoms with Crippen LogP contribution in [0.1, 0.15) is 40.2 Å². The Labute approximate surface area is 235 Å². The molecule has 2 heterocycles. The SMILES string of the molecule is C[C@H]1OC(=O)N(C(=O)CNC(=O)OC(C)(C)C)[C@@H]1C(=O)NCC(=O)N1C(=O)O[C@H](C)[C@H]1C(=O)OCc1ccccc1. The monoisotopic (exact) mass is 576 g/mol. The average molecular weight is 577 g/mol. The maximum absolute atomic E-state index is 13.0. The molecule has 15 nitrogen and oxygen atoms in total. The zero-order valence-electron chi connectivity index (χ0n) is 23.2. The van der Waals surface area contributed by atoms with E-state index in [0.29, 0.717) is 15.4 Å². The molecule has 0 spiro atoms. The van der Waals surface area contributed by atoms with Crippen molar-refractivity contribution >= 4 is 42.0 Å². The van der Waals surface area contributed by atoms with Crippen molar-refractivity contribution in [1.29, 1.82) is 0 Å². The molecule has 6 amide bonds. The number of amides is 6. The molecule has 2 N–H and O–H groups in total. The molecule has 0 unspecified atom stereocenters. The number of imide groups is 2. The standard InChI is InChI=1S/C26H32N4O11/c1-14-19(29(24(36)39-14)18(32)12-28-23(35)41-26(3,4)5)21(33)27-11-17(31)30-20(15(2)40-25(30)37)22(34)38-13-16-9-7-6-8-10-16/h6-10,14-15,19-20H,11-13H2,1-5H3,(H,27,33)(H,28,35)/t14-,15-,19+,20+/m1/s1. The number of hydrogen-bond donors (Lipinski definition) is 2. The van der Waals surface area contributed by atoms with Gasteiger partial charge in [0.25, 0.3) is 11.8 Å². The van der Waals surface area contributed by atoms with Crippen molar-refractivity contribution in [2.24, 2.45) is 0 Å². The second-order valence-corrected chi connectivity index (χ2v) is 10.3. The predicted octanol–water partition coefficient (Wildman–Crippen LogP) is 0.843. The minimum Gasteiger partial charge on any atom is -0.459 e. The topological polar surface area (TPSA) is 187 Å². The van der Waals surface area contributed by atoms with E-state index in [-0.39, 0.29) is 6.61 Å². The first kappa shape index (κ1) is 30.8. The largest absolute Gasteiger partial charge is 0.459 e. The fourth-order valence-corrected chi connectivity index (χ4v) is 4.06. The number of carbonyl (C=O) groups excluding carboxylic acids is 7. The number of rotatable bonds is 8. The Morgan fingerprint density at radius 1 is 0.829 bits per heavy atom. The molecule has 0 bridgehead atoms.